The highest BCUT2D eigenvalue weighted by atomic mass is 16.3. The first-order chi connectivity index (χ1) is 9.04. The smallest absolute Gasteiger partial charge is 0.192 e. The van der Waals surface area contributed by atoms with Crippen molar-refractivity contribution in [3.05, 3.63) is 29.7 Å². The van der Waals surface area contributed by atoms with E-state index in [2.05, 4.69) is 22.0 Å². The second-order valence-electron chi connectivity index (χ2n) is 5.04. The molecule has 0 fully saturated rings. The molecule has 2 rings (SSSR count). The molecular formula is C15H20N2O2. The molecular weight excluding hydrogens is 240 g/mol. The first kappa shape index (κ1) is 13.7. The highest BCUT2D eigenvalue weighted by Crippen LogP contribution is 2.17. The van der Waals surface area contributed by atoms with Crippen LogP contribution in [0.5, 0.6) is 0 Å². The molecule has 0 aliphatic carbocycles. The van der Waals surface area contributed by atoms with Gasteiger partial charge in [0.15, 0.2) is 11.5 Å². The number of rotatable bonds is 6. The number of aryl methyl sites for hydroxylation is 1. The molecule has 0 aliphatic heterocycles. The number of fused-ring (bicyclic) bond motifs is 1. The summed E-state index contributed by atoms with van der Waals surface area (Å²) in [5, 5.41) is 0. The topological polar surface area (TPSA) is 46.3 Å². The van der Waals surface area contributed by atoms with Crippen LogP contribution in [0.3, 0.4) is 0 Å². The molecule has 0 atom stereocenters. The largest absolute Gasteiger partial charge is 0.441 e. The summed E-state index contributed by atoms with van der Waals surface area (Å²) in [7, 11) is 2.04. The van der Waals surface area contributed by atoms with Crippen molar-refractivity contribution in [3.8, 4) is 0 Å². The van der Waals surface area contributed by atoms with Gasteiger partial charge >= 0.3 is 0 Å². The SMILES string of the molecule is CC(=O)CCN(C)CCc1ccc2oc(C)nc2c1. The average molecular weight is 260 g/mol. The maximum absolute atomic E-state index is 10.9. The van der Waals surface area contributed by atoms with E-state index in [-0.39, 0.29) is 5.78 Å². The molecule has 0 radical (unpaired) electrons. The maximum Gasteiger partial charge on any atom is 0.192 e. The van der Waals surface area contributed by atoms with E-state index in [1.165, 1.54) is 5.56 Å². The van der Waals surface area contributed by atoms with E-state index in [9.17, 15) is 4.79 Å². The number of oxazole rings is 1. The van der Waals surface area contributed by atoms with Gasteiger partial charge in [0.25, 0.3) is 0 Å². The van der Waals surface area contributed by atoms with Gasteiger partial charge in [-0.1, -0.05) is 6.07 Å². The molecule has 19 heavy (non-hydrogen) atoms. The molecule has 0 saturated heterocycles. The van der Waals surface area contributed by atoms with Gasteiger partial charge in [0, 0.05) is 26.4 Å². The Balaban J connectivity index is 1.92. The molecule has 0 saturated carbocycles. The summed E-state index contributed by atoms with van der Waals surface area (Å²) < 4.78 is 5.45. The summed E-state index contributed by atoms with van der Waals surface area (Å²) in [6, 6.07) is 6.12. The number of carbonyl (C=O) groups excluding carboxylic acids is 1. The molecule has 2 aromatic rings. The first-order valence-corrected chi connectivity index (χ1v) is 6.58. The lowest BCUT2D eigenvalue weighted by molar-refractivity contribution is -0.117. The number of carbonyl (C=O) groups is 1. The Morgan fingerprint density at radius 2 is 2.16 bits per heavy atom. The number of aromatic nitrogens is 1. The molecule has 102 valence electrons. The molecule has 0 bridgehead atoms. The minimum absolute atomic E-state index is 0.242. The van der Waals surface area contributed by atoms with E-state index in [1.54, 1.807) is 6.92 Å². The fraction of sp³-hybridized carbons (Fsp3) is 0.467. The maximum atomic E-state index is 10.9. The number of likely N-dealkylation sites (N-methyl/N-ethyl adjacent to an activating group) is 1. The first-order valence-electron chi connectivity index (χ1n) is 6.58. The van der Waals surface area contributed by atoms with E-state index in [4.69, 9.17) is 4.42 Å². The van der Waals surface area contributed by atoms with Gasteiger partial charge in [-0.2, -0.15) is 0 Å². The Kier molecular flexibility index (Phi) is 4.32. The normalized spacial score (nSPS) is 11.4. The molecule has 0 spiro atoms. The molecule has 1 aromatic carbocycles. The molecule has 4 heteroatoms. The fourth-order valence-electron chi connectivity index (χ4n) is 2.02. The third kappa shape index (κ3) is 3.89. The fourth-order valence-corrected chi connectivity index (χ4v) is 2.02. The van der Waals surface area contributed by atoms with Gasteiger partial charge in [-0.05, 0) is 38.1 Å². The van der Waals surface area contributed by atoms with E-state index in [0.29, 0.717) is 12.3 Å². The number of hydrogen-bond acceptors (Lipinski definition) is 4. The van der Waals surface area contributed by atoms with Gasteiger partial charge in [-0.25, -0.2) is 4.98 Å². The standard InChI is InChI=1S/C15H20N2O2/c1-11(18)6-8-17(3)9-7-13-4-5-15-14(10-13)16-12(2)19-15/h4-5,10H,6-9H2,1-3H3. The second kappa shape index (κ2) is 5.97. The van der Waals surface area contributed by atoms with Gasteiger partial charge in [-0.15, -0.1) is 0 Å². The van der Waals surface area contributed by atoms with E-state index in [1.807, 2.05) is 20.0 Å². The van der Waals surface area contributed by atoms with Crippen LogP contribution in [0.15, 0.2) is 22.6 Å². The van der Waals surface area contributed by atoms with Crippen LogP contribution in [0.25, 0.3) is 11.1 Å². The summed E-state index contributed by atoms with van der Waals surface area (Å²) in [6.07, 6.45) is 1.58. The minimum atomic E-state index is 0.242. The quantitative estimate of drug-likeness (QED) is 0.801. The van der Waals surface area contributed by atoms with Crippen LogP contribution < -0.4 is 0 Å². The van der Waals surface area contributed by atoms with Crippen LogP contribution in [-0.2, 0) is 11.2 Å². The molecule has 0 amide bonds. The van der Waals surface area contributed by atoms with Crippen molar-refractivity contribution in [1.82, 2.24) is 9.88 Å². The molecule has 1 aromatic heterocycles. The number of benzene rings is 1. The van der Waals surface area contributed by atoms with Gasteiger partial charge in [0.1, 0.15) is 11.3 Å². The summed E-state index contributed by atoms with van der Waals surface area (Å²) in [5.41, 5.74) is 3.00. The summed E-state index contributed by atoms with van der Waals surface area (Å²) in [5.74, 6) is 0.942. The van der Waals surface area contributed by atoms with Crippen LogP contribution in [0.2, 0.25) is 0 Å². The zero-order chi connectivity index (χ0) is 13.8. The zero-order valence-corrected chi connectivity index (χ0v) is 11.8. The van der Waals surface area contributed by atoms with Gasteiger partial charge in [-0.3, -0.25) is 4.79 Å². The van der Waals surface area contributed by atoms with Crippen molar-refractivity contribution in [2.24, 2.45) is 0 Å². The third-order valence-corrected chi connectivity index (χ3v) is 3.19. The molecule has 0 N–H and O–H groups in total. The predicted molar refractivity (Wildman–Crippen MR) is 75.2 cm³/mol. The predicted octanol–water partition coefficient (Wildman–Crippen LogP) is 2.59. The highest BCUT2D eigenvalue weighted by molar-refractivity contribution is 5.75. The van der Waals surface area contributed by atoms with Crippen molar-refractivity contribution in [3.63, 3.8) is 0 Å². The van der Waals surface area contributed by atoms with Gasteiger partial charge in [0.05, 0.1) is 0 Å². The van der Waals surface area contributed by atoms with Crippen LogP contribution in [0.4, 0.5) is 0 Å². The van der Waals surface area contributed by atoms with Gasteiger partial charge in [0.2, 0.25) is 0 Å². The Hall–Kier alpha value is -1.68. The third-order valence-electron chi connectivity index (χ3n) is 3.19. The number of nitrogens with zero attached hydrogens (tertiary/aromatic N) is 2. The van der Waals surface area contributed by atoms with Crippen LogP contribution in [0, 0.1) is 6.92 Å². The van der Waals surface area contributed by atoms with Crippen LogP contribution in [-0.4, -0.2) is 35.8 Å². The number of Topliss-reactive ketones (excluding diaryl/α,β-unsaturated/α-hetero) is 1. The molecule has 4 nitrogen and oxygen atoms in total. The summed E-state index contributed by atoms with van der Waals surface area (Å²) in [4.78, 5) is 17.4. The van der Waals surface area contributed by atoms with Crippen LogP contribution >= 0.6 is 0 Å². The summed E-state index contributed by atoms with van der Waals surface area (Å²) >= 11 is 0. The van der Waals surface area contributed by atoms with Crippen molar-refractivity contribution in [2.45, 2.75) is 26.7 Å². The van der Waals surface area contributed by atoms with Crippen LogP contribution in [0.1, 0.15) is 24.8 Å². The van der Waals surface area contributed by atoms with E-state index in [0.717, 1.165) is 30.6 Å². The van der Waals surface area contributed by atoms with E-state index >= 15 is 0 Å². The zero-order valence-electron chi connectivity index (χ0n) is 11.8. The molecule has 0 aliphatic rings. The lowest BCUT2D eigenvalue weighted by atomic mass is 10.1. The lowest BCUT2D eigenvalue weighted by Gasteiger charge is -2.15. The Labute approximate surface area is 113 Å². The lowest BCUT2D eigenvalue weighted by Crippen LogP contribution is -2.23. The number of ketones is 1. The average Bonchev–Trinajstić information content (AvgIpc) is 2.73. The highest BCUT2D eigenvalue weighted by Gasteiger charge is 2.05. The Bertz CT molecular complexity index is 575. The Morgan fingerprint density at radius 1 is 1.37 bits per heavy atom. The van der Waals surface area contributed by atoms with Gasteiger partial charge < -0.3 is 9.32 Å². The summed E-state index contributed by atoms with van der Waals surface area (Å²) in [6.45, 7) is 5.25. The van der Waals surface area contributed by atoms with Crippen molar-refractivity contribution < 1.29 is 9.21 Å². The monoisotopic (exact) mass is 260 g/mol. The molecule has 1 heterocycles. The van der Waals surface area contributed by atoms with Crippen molar-refractivity contribution in [2.75, 3.05) is 20.1 Å². The molecule has 0 unspecified atom stereocenters. The van der Waals surface area contributed by atoms with E-state index < -0.39 is 0 Å². The van der Waals surface area contributed by atoms with Crippen molar-refractivity contribution in [1.29, 1.82) is 0 Å². The van der Waals surface area contributed by atoms with Crippen molar-refractivity contribution >= 4 is 16.9 Å². The Morgan fingerprint density at radius 3 is 2.89 bits per heavy atom. The minimum Gasteiger partial charge on any atom is -0.441 e. The second-order valence-corrected chi connectivity index (χ2v) is 5.04. The number of hydrogen-bond donors (Lipinski definition) is 0.